The van der Waals surface area contributed by atoms with Gasteiger partial charge in [-0.15, -0.1) is 11.3 Å². The lowest BCUT2D eigenvalue weighted by molar-refractivity contribution is -0.142. The van der Waals surface area contributed by atoms with Crippen LogP contribution in [0.5, 0.6) is 0 Å². The van der Waals surface area contributed by atoms with E-state index in [9.17, 15) is 14.4 Å². The molecule has 1 aromatic rings. The van der Waals surface area contributed by atoms with Gasteiger partial charge < -0.3 is 15.2 Å². The molecule has 1 unspecified atom stereocenters. The fourth-order valence-electron chi connectivity index (χ4n) is 2.03. The average molecular weight is 327 g/mol. The molecular formula is C15H21NO5S. The number of carbonyl (C=O) groups is 3. The Bertz CT molecular complexity index is 552. The Kier molecular flexibility index (Phi) is 7.20. The largest absolute Gasteiger partial charge is 0.480 e. The maximum absolute atomic E-state index is 12.1. The number of aryl methyl sites for hydroxylation is 2. The molecule has 0 fully saturated rings. The van der Waals surface area contributed by atoms with Crippen molar-refractivity contribution in [1.82, 2.24) is 5.32 Å². The van der Waals surface area contributed by atoms with Crippen LogP contribution in [0.25, 0.3) is 0 Å². The Labute approximate surface area is 133 Å². The molecule has 1 atom stereocenters. The minimum Gasteiger partial charge on any atom is -0.480 e. The van der Waals surface area contributed by atoms with Gasteiger partial charge in [0.25, 0.3) is 0 Å². The van der Waals surface area contributed by atoms with Gasteiger partial charge >= 0.3 is 5.97 Å². The van der Waals surface area contributed by atoms with Crippen molar-refractivity contribution in [2.45, 2.75) is 39.2 Å². The second-order valence-electron chi connectivity index (χ2n) is 4.99. The van der Waals surface area contributed by atoms with Gasteiger partial charge in [0.15, 0.2) is 5.78 Å². The summed E-state index contributed by atoms with van der Waals surface area (Å²) in [4.78, 5) is 36.8. The summed E-state index contributed by atoms with van der Waals surface area (Å²) >= 11 is 1.54. The van der Waals surface area contributed by atoms with E-state index in [0.29, 0.717) is 5.56 Å². The monoisotopic (exact) mass is 327 g/mol. The highest BCUT2D eigenvalue weighted by Crippen LogP contribution is 2.22. The second-order valence-corrected chi connectivity index (χ2v) is 6.45. The average Bonchev–Trinajstić information content (AvgIpc) is 2.79. The van der Waals surface area contributed by atoms with E-state index in [0.717, 1.165) is 9.75 Å². The molecule has 0 radical (unpaired) electrons. The molecule has 22 heavy (non-hydrogen) atoms. The summed E-state index contributed by atoms with van der Waals surface area (Å²) in [5.41, 5.74) is 0.643. The highest BCUT2D eigenvalue weighted by Gasteiger charge is 2.20. The van der Waals surface area contributed by atoms with Crippen LogP contribution in [0, 0.1) is 13.8 Å². The molecule has 1 aromatic heterocycles. The fraction of sp³-hybridized carbons (Fsp3) is 0.533. The van der Waals surface area contributed by atoms with Crippen molar-refractivity contribution < 1.29 is 24.2 Å². The van der Waals surface area contributed by atoms with Crippen LogP contribution >= 0.6 is 11.3 Å². The van der Waals surface area contributed by atoms with Gasteiger partial charge in [0, 0.05) is 48.3 Å². The lowest BCUT2D eigenvalue weighted by Crippen LogP contribution is -2.41. The molecule has 7 heteroatoms. The number of ether oxygens (including phenoxy) is 1. The Balaban J connectivity index is 2.49. The molecule has 122 valence electrons. The quantitative estimate of drug-likeness (QED) is 0.676. The SMILES string of the molecule is COCCC(NC(=O)CCC(=O)c1cc(C)sc1C)C(=O)O. The number of carboxylic acid groups (broad SMARTS) is 1. The topological polar surface area (TPSA) is 92.7 Å². The van der Waals surface area contributed by atoms with Crippen molar-refractivity contribution >= 4 is 29.0 Å². The van der Waals surface area contributed by atoms with Crippen LogP contribution in [-0.4, -0.2) is 42.5 Å². The van der Waals surface area contributed by atoms with Crippen LogP contribution in [0.2, 0.25) is 0 Å². The lowest BCUT2D eigenvalue weighted by Gasteiger charge is -2.13. The van der Waals surface area contributed by atoms with Gasteiger partial charge in [-0.25, -0.2) is 4.79 Å². The second kappa shape index (κ2) is 8.65. The summed E-state index contributed by atoms with van der Waals surface area (Å²) in [6.07, 6.45) is 0.234. The Morgan fingerprint density at radius 3 is 2.50 bits per heavy atom. The van der Waals surface area contributed by atoms with E-state index in [-0.39, 0.29) is 31.7 Å². The zero-order valence-electron chi connectivity index (χ0n) is 13.0. The molecule has 0 aromatic carbocycles. The molecule has 6 nitrogen and oxygen atoms in total. The molecule has 1 heterocycles. The van der Waals surface area contributed by atoms with Gasteiger partial charge in [-0.1, -0.05) is 0 Å². The van der Waals surface area contributed by atoms with Gasteiger partial charge in [-0.3, -0.25) is 9.59 Å². The summed E-state index contributed by atoms with van der Waals surface area (Å²) in [5, 5.41) is 11.4. The molecule has 0 spiro atoms. The van der Waals surface area contributed by atoms with Crippen LogP contribution in [0.3, 0.4) is 0 Å². The number of ketones is 1. The standard InChI is InChI=1S/C15H21NO5S/c1-9-8-11(10(2)22-9)13(17)4-5-14(18)16-12(15(19)20)6-7-21-3/h8,12H,4-7H2,1-3H3,(H,16,18)(H,19,20). The van der Waals surface area contributed by atoms with Crippen LogP contribution in [-0.2, 0) is 14.3 Å². The number of aliphatic carboxylic acids is 1. The van der Waals surface area contributed by atoms with Crippen molar-refractivity contribution in [1.29, 1.82) is 0 Å². The van der Waals surface area contributed by atoms with Crippen molar-refractivity contribution in [2.24, 2.45) is 0 Å². The normalized spacial score (nSPS) is 12.0. The predicted molar refractivity (Wildman–Crippen MR) is 83.4 cm³/mol. The molecule has 0 aliphatic rings. The first-order chi connectivity index (χ1) is 10.3. The van der Waals surface area contributed by atoms with Crippen LogP contribution in [0.15, 0.2) is 6.07 Å². The number of methoxy groups -OCH3 is 1. The first-order valence-corrected chi connectivity index (χ1v) is 7.78. The summed E-state index contributed by atoms with van der Waals surface area (Å²) in [6.45, 7) is 4.04. The predicted octanol–water partition coefficient (Wildman–Crippen LogP) is 1.93. The third-order valence-corrected chi connectivity index (χ3v) is 4.13. The van der Waals surface area contributed by atoms with E-state index in [4.69, 9.17) is 9.84 Å². The van der Waals surface area contributed by atoms with Crippen LogP contribution in [0.1, 0.15) is 39.4 Å². The maximum atomic E-state index is 12.1. The van der Waals surface area contributed by atoms with Crippen molar-refractivity contribution in [2.75, 3.05) is 13.7 Å². The Hall–Kier alpha value is -1.73. The third-order valence-electron chi connectivity index (χ3n) is 3.16. The van der Waals surface area contributed by atoms with Gasteiger partial charge in [-0.05, 0) is 19.9 Å². The summed E-state index contributed by atoms with van der Waals surface area (Å²) in [6, 6.07) is 0.825. The number of thiophene rings is 1. The zero-order chi connectivity index (χ0) is 16.7. The first kappa shape index (κ1) is 18.3. The van der Waals surface area contributed by atoms with Crippen molar-refractivity contribution in [3.63, 3.8) is 0 Å². The van der Waals surface area contributed by atoms with Crippen LogP contribution in [0.4, 0.5) is 0 Å². The minimum absolute atomic E-state index is 0.0239. The third kappa shape index (κ3) is 5.57. The molecular weight excluding hydrogens is 306 g/mol. The molecule has 1 amide bonds. The van der Waals surface area contributed by atoms with E-state index >= 15 is 0 Å². The van der Waals surface area contributed by atoms with Gasteiger partial charge in [0.1, 0.15) is 6.04 Å². The molecule has 0 saturated heterocycles. The number of nitrogens with one attached hydrogen (secondary N) is 1. The summed E-state index contributed by atoms with van der Waals surface area (Å²) in [5.74, 6) is -1.65. The van der Waals surface area contributed by atoms with Gasteiger partial charge in [0.2, 0.25) is 5.91 Å². The van der Waals surface area contributed by atoms with E-state index in [1.807, 2.05) is 19.9 Å². The summed E-state index contributed by atoms with van der Waals surface area (Å²) < 4.78 is 4.81. The van der Waals surface area contributed by atoms with Gasteiger partial charge in [0.05, 0.1) is 0 Å². The summed E-state index contributed by atoms with van der Waals surface area (Å²) in [7, 11) is 1.46. The number of carboxylic acids is 1. The molecule has 0 saturated carbocycles. The smallest absolute Gasteiger partial charge is 0.326 e. The highest BCUT2D eigenvalue weighted by atomic mass is 32.1. The molecule has 0 aliphatic heterocycles. The Morgan fingerprint density at radius 2 is 2.00 bits per heavy atom. The fourth-order valence-corrected chi connectivity index (χ4v) is 2.97. The minimum atomic E-state index is -1.11. The molecule has 0 bridgehead atoms. The number of rotatable bonds is 9. The van der Waals surface area contributed by atoms with Crippen molar-refractivity contribution in [3.8, 4) is 0 Å². The number of hydrogen-bond donors (Lipinski definition) is 2. The molecule has 2 N–H and O–H groups in total. The number of amides is 1. The number of Topliss-reactive ketones (excluding diaryl/α,β-unsaturated/α-hetero) is 1. The van der Waals surface area contributed by atoms with E-state index in [1.54, 1.807) is 11.3 Å². The van der Waals surface area contributed by atoms with E-state index in [1.165, 1.54) is 7.11 Å². The number of hydrogen-bond acceptors (Lipinski definition) is 5. The van der Waals surface area contributed by atoms with E-state index < -0.39 is 17.9 Å². The van der Waals surface area contributed by atoms with Crippen LogP contribution < -0.4 is 5.32 Å². The number of carbonyl (C=O) groups excluding carboxylic acids is 2. The highest BCUT2D eigenvalue weighted by molar-refractivity contribution is 7.12. The maximum Gasteiger partial charge on any atom is 0.326 e. The van der Waals surface area contributed by atoms with Gasteiger partial charge in [-0.2, -0.15) is 0 Å². The van der Waals surface area contributed by atoms with E-state index in [2.05, 4.69) is 5.32 Å². The first-order valence-electron chi connectivity index (χ1n) is 6.96. The zero-order valence-corrected chi connectivity index (χ0v) is 13.8. The lowest BCUT2D eigenvalue weighted by atomic mass is 10.1. The molecule has 0 aliphatic carbocycles. The van der Waals surface area contributed by atoms with Crippen molar-refractivity contribution in [3.05, 3.63) is 21.4 Å². The molecule has 1 rings (SSSR count). The Morgan fingerprint density at radius 1 is 1.32 bits per heavy atom.